The molecule has 2 N–H and O–H groups in total. The van der Waals surface area contributed by atoms with Crippen LogP contribution in [0.5, 0.6) is 0 Å². The molecule has 0 aromatic heterocycles. The Morgan fingerprint density at radius 1 is 1.38 bits per heavy atom. The fourth-order valence-electron chi connectivity index (χ4n) is 2.01. The van der Waals surface area contributed by atoms with E-state index in [0.717, 1.165) is 25.2 Å². The number of nitrogens with two attached hydrogens (primary N) is 1. The fraction of sp³-hybridized carbons (Fsp3) is 0.500. The molecule has 88 valence electrons. The van der Waals surface area contributed by atoms with Crippen molar-refractivity contribution in [2.75, 3.05) is 19.8 Å². The van der Waals surface area contributed by atoms with Gasteiger partial charge in [0, 0.05) is 16.0 Å². The zero-order valence-corrected chi connectivity index (χ0v) is 10.5. The largest absolute Gasteiger partial charge is 0.381 e. The van der Waals surface area contributed by atoms with Crippen molar-refractivity contribution in [3.8, 4) is 0 Å². The Morgan fingerprint density at radius 2 is 2.12 bits per heavy atom. The Hall–Kier alpha value is -0.280. The molecule has 1 heterocycles. The Kier molecular flexibility index (Phi) is 4.09. The second-order valence-corrected chi connectivity index (χ2v) is 5.08. The first-order valence-corrected chi connectivity index (χ1v) is 6.19. The minimum Gasteiger partial charge on any atom is -0.381 e. The van der Waals surface area contributed by atoms with Crippen LogP contribution in [0.1, 0.15) is 17.9 Å². The van der Waals surface area contributed by atoms with Crippen LogP contribution in [0.4, 0.5) is 0 Å². The summed E-state index contributed by atoms with van der Waals surface area (Å²) in [7, 11) is 0. The van der Waals surface area contributed by atoms with Gasteiger partial charge in [0.15, 0.2) is 0 Å². The van der Waals surface area contributed by atoms with Gasteiger partial charge in [-0.3, -0.25) is 0 Å². The molecule has 0 aliphatic carbocycles. The lowest BCUT2D eigenvalue weighted by molar-refractivity contribution is -0.0382. The molecule has 1 atom stereocenters. The van der Waals surface area contributed by atoms with E-state index in [4.69, 9.17) is 33.7 Å². The van der Waals surface area contributed by atoms with Crippen molar-refractivity contribution in [2.24, 2.45) is 11.7 Å². The first-order chi connectivity index (χ1) is 7.70. The van der Waals surface area contributed by atoms with E-state index in [9.17, 15) is 0 Å². The molecular weight excluding hydrogens is 245 g/mol. The fourth-order valence-corrected chi connectivity index (χ4v) is 2.57. The van der Waals surface area contributed by atoms with Crippen molar-refractivity contribution < 1.29 is 4.74 Å². The van der Waals surface area contributed by atoms with Crippen LogP contribution in [0.3, 0.4) is 0 Å². The summed E-state index contributed by atoms with van der Waals surface area (Å²) in [6.45, 7) is 2.31. The highest BCUT2D eigenvalue weighted by atomic mass is 35.5. The van der Waals surface area contributed by atoms with Gasteiger partial charge in [0.05, 0.1) is 13.2 Å². The second-order valence-electron chi connectivity index (χ2n) is 4.24. The van der Waals surface area contributed by atoms with Crippen molar-refractivity contribution in [2.45, 2.75) is 12.3 Å². The molecule has 1 saturated heterocycles. The lowest BCUT2D eigenvalue weighted by Crippen LogP contribution is -2.30. The normalized spacial score (nSPS) is 18.2. The van der Waals surface area contributed by atoms with Crippen LogP contribution < -0.4 is 5.73 Å². The van der Waals surface area contributed by atoms with Gasteiger partial charge in [-0.2, -0.15) is 0 Å². The Morgan fingerprint density at radius 3 is 2.62 bits per heavy atom. The van der Waals surface area contributed by atoms with E-state index >= 15 is 0 Å². The standard InChI is InChI=1S/C12H15Cl2NO/c13-10-1-2-11(12(14)4-10)9(5-15)3-8-6-16-7-8/h1-2,4,8-9H,3,5-7,15H2. The predicted octanol–water partition coefficient (Wildman–Crippen LogP) is 3.07. The quantitative estimate of drug-likeness (QED) is 0.902. The van der Waals surface area contributed by atoms with E-state index in [-0.39, 0.29) is 0 Å². The summed E-state index contributed by atoms with van der Waals surface area (Å²) in [6, 6.07) is 5.61. The van der Waals surface area contributed by atoms with Crippen LogP contribution in [-0.4, -0.2) is 19.8 Å². The van der Waals surface area contributed by atoms with Crippen LogP contribution >= 0.6 is 23.2 Å². The number of rotatable bonds is 4. The van der Waals surface area contributed by atoms with Gasteiger partial charge in [-0.15, -0.1) is 0 Å². The highest BCUT2D eigenvalue weighted by Gasteiger charge is 2.24. The summed E-state index contributed by atoms with van der Waals surface area (Å²) in [5.74, 6) is 0.930. The molecule has 1 aromatic carbocycles. The molecule has 2 rings (SSSR count). The highest BCUT2D eigenvalue weighted by Crippen LogP contribution is 2.32. The third-order valence-electron chi connectivity index (χ3n) is 3.01. The topological polar surface area (TPSA) is 35.2 Å². The molecule has 1 aliphatic heterocycles. The molecule has 0 amide bonds. The van der Waals surface area contributed by atoms with Crippen molar-refractivity contribution in [3.05, 3.63) is 33.8 Å². The monoisotopic (exact) mass is 259 g/mol. The van der Waals surface area contributed by atoms with Gasteiger partial charge in [-0.05, 0) is 36.6 Å². The molecule has 1 aliphatic rings. The van der Waals surface area contributed by atoms with Gasteiger partial charge in [0.2, 0.25) is 0 Å². The van der Waals surface area contributed by atoms with E-state index < -0.39 is 0 Å². The number of halogens is 2. The first-order valence-electron chi connectivity index (χ1n) is 5.43. The maximum atomic E-state index is 6.18. The van der Waals surface area contributed by atoms with Gasteiger partial charge >= 0.3 is 0 Å². The SMILES string of the molecule is NCC(CC1COC1)c1ccc(Cl)cc1Cl. The minimum atomic E-state index is 0.304. The van der Waals surface area contributed by atoms with Gasteiger partial charge < -0.3 is 10.5 Å². The average molecular weight is 260 g/mol. The molecule has 0 bridgehead atoms. The molecule has 1 aromatic rings. The molecule has 1 fully saturated rings. The lowest BCUT2D eigenvalue weighted by atomic mass is 9.88. The molecule has 0 saturated carbocycles. The Balaban J connectivity index is 2.11. The zero-order valence-electron chi connectivity index (χ0n) is 8.96. The number of benzene rings is 1. The Bertz CT molecular complexity index is 366. The summed E-state index contributed by atoms with van der Waals surface area (Å²) < 4.78 is 5.17. The highest BCUT2D eigenvalue weighted by molar-refractivity contribution is 6.35. The zero-order chi connectivity index (χ0) is 11.5. The van der Waals surface area contributed by atoms with Crippen molar-refractivity contribution >= 4 is 23.2 Å². The van der Waals surface area contributed by atoms with Gasteiger partial charge in [0.25, 0.3) is 0 Å². The molecule has 16 heavy (non-hydrogen) atoms. The number of ether oxygens (including phenoxy) is 1. The van der Waals surface area contributed by atoms with Crippen molar-refractivity contribution in [1.82, 2.24) is 0 Å². The van der Waals surface area contributed by atoms with Crippen molar-refractivity contribution in [3.63, 3.8) is 0 Å². The lowest BCUT2D eigenvalue weighted by Gasteiger charge is -2.30. The summed E-state index contributed by atoms with van der Waals surface area (Å²) in [6.07, 6.45) is 1.04. The third kappa shape index (κ3) is 2.69. The maximum Gasteiger partial charge on any atom is 0.0516 e. The maximum absolute atomic E-state index is 6.18. The van der Waals surface area contributed by atoms with Crippen LogP contribution in [0.25, 0.3) is 0 Å². The molecule has 4 heteroatoms. The van der Waals surface area contributed by atoms with E-state index in [1.807, 2.05) is 12.1 Å². The van der Waals surface area contributed by atoms with Crippen LogP contribution in [-0.2, 0) is 4.74 Å². The minimum absolute atomic E-state index is 0.304. The summed E-state index contributed by atoms with van der Waals surface area (Å²) in [4.78, 5) is 0. The summed E-state index contributed by atoms with van der Waals surface area (Å²) in [5.41, 5.74) is 6.90. The summed E-state index contributed by atoms with van der Waals surface area (Å²) >= 11 is 12.0. The first kappa shape index (κ1) is 12.2. The van der Waals surface area contributed by atoms with Crippen LogP contribution in [0.15, 0.2) is 18.2 Å². The van der Waals surface area contributed by atoms with Gasteiger partial charge in [-0.1, -0.05) is 29.3 Å². The Labute approximate surface area is 106 Å². The van der Waals surface area contributed by atoms with Crippen LogP contribution in [0.2, 0.25) is 10.0 Å². The second kappa shape index (κ2) is 5.37. The van der Waals surface area contributed by atoms with E-state index in [0.29, 0.717) is 28.4 Å². The van der Waals surface area contributed by atoms with Gasteiger partial charge in [0.1, 0.15) is 0 Å². The van der Waals surface area contributed by atoms with E-state index in [2.05, 4.69) is 0 Å². The average Bonchev–Trinajstić information content (AvgIpc) is 2.18. The smallest absolute Gasteiger partial charge is 0.0516 e. The molecule has 0 spiro atoms. The van der Waals surface area contributed by atoms with Crippen LogP contribution in [0, 0.1) is 5.92 Å². The predicted molar refractivity (Wildman–Crippen MR) is 67.2 cm³/mol. The van der Waals surface area contributed by atoms with Crippen molar-refractivity contribution in [1.29, 1.82) is 0 Å². The molecular formula is C12H15Cl2NO. The molecule has 2 nitrogen and oxygen atoms in total. The van der Waals surface area contributed by atoms with E-state index in [1.165, 1.54) is 0 Å². The van der Waals surface area contributed by atoms with Gasteiger partial charge in [-0.25, -0.2) is 0 Å². The molecule has 1 unspecified atom stereocenters. The van der Waals surface area contributed by atoms with E-state index in [1.54, 1.807) is 6.07 Å². The third-order valence-corrected chi connectivity index (χ3v) is 3.57. The molecule has 0 radical (unpaired) electrons. The number of hydrogen-bond acceptors (Lipinski definition) is 2. The summed E-state index contributed by atoms with van der Waals surface area (Å²) in [5, 5.41) is 1.37. The number of hydrogen-bond donors (Lipinski definition) is 1.